The van der Waals surface area contributed by atoms with Crippen molar-refractivity contribution in [1.29, 1.82) is 0 Å². The summed E-state index contributed by atoms with van der Waals surface area (Å²) in [5.41, 5.74) is 1.69. The molecule has 0 unspecified atom stereocenters. The summed E-state index contributed by atoms with van der Waals surface area (Å²) in [6, 6.07) is 5.08. The number of aromatic hydroxyl groups is 2. The maximum Gasteiger partial charge on any atom is 0.194 e. The number of rotatable bonds is 4. The van der Waals surface area contributed by atoms with Crippen molar-refractivity contribution >= 4 is 17.9 Å². The van der Waals surface area contributed by atoms with Crippen molar-refractivity contribution in [2.45, 2.75) is 12.8 Å². The van der Waals surface area contributed by atoms with Crippen LogP contribution in [0.3, 0.4) is 0 Å². The molecule has 2 N–H and O–H groups in total. The molecule has 1 fully saturated rings. The highest BCUT2D eigenvalue weighted by Crippen LogP contribution is 2.35. The van der Waals surface area contributed by atoms with Gasteiger partial charge in [0.2, 0.25) is 0 Å². The molecule has 2 aromatic carbocycles. The average molecular weight is 388 g/mol. The minimum Gasteiger partial charge on any atom is -0.502 e. The van der Waals surface area contributed by atoms with E-state index in [0.29, 0.717) is 35.1 Å². The zero-order valence-corrected chi connectivity index (χ0v) is 15.3. The van der Waals surface area contributed by atoms with Gasteiger partial charge in [0.1, 0.15) is 0 Å². The Labute approximate surface area is 160 Å². The summed E-state index contributed by atoms with van der Waals surface area (Å²) in [5, 5.41) is 19.1. The molecule has 1 saturated carbocycles. The number of ketones is 1. The number of phenols is 2. The van der Waals surface area contributed by atoms with E-state index in [1.807, 2.05) is 0 Å². The maximum atomic E-state index is 13.8. The summed E-state index contributed by atoms with van der Waals surface area (Å²) in [6.45, 7) is 0. The molecular weight excluding hydrogens is 370 g/mol. The summed E-state index contributed by atoms with van der Waals surface area (Å²) < 4.78 is 37.4. The monoisotopic (exact) mass is 388 g/mol. The Bertz CT molecular complexity index is 929. The number of allylic oxidation sites excluding steroid dienone is 2. The number of ether oxygens (including phenoxy) is 2. The number of phenolic OH excluding ortho intramolecular Hbond substituents is 2. The van der Waals surface area contributed by atoms with Gasteiger partial charge in [-0.2, -0.15) is 0 Å². The third-order valence-electron chi connectivity index (χ3n) is 4.47. The van der Waals surface area contributed by atoms with E-state index in [4.69, 9.17) is 9.47 Å². The number of methoxy groups -OCH3 is 2. The molecule has 0 amide bonds. The number of halogens is 2. The maximum absolute atomic E-state index is 13.8. The number of hydrogen-bond acceptors (Lipinski definition) is 5. The van der Waals surface area contributed by atoms with Crippen LogP contribution in [-0.4, -0.2) is 30.2 Å². The quantitative estimate of drug-likeness (QED) is 0.767. The first kappa shape index (κ1) is 19.4. The van der Waals surface area contributed by atoms with Gasteiger partial charge in [0.25, 0.3) is 0 Å². The Kier molecular flexibility index (Phi) is 5.35. The van der Waals surface area contributed by atoms with Gasteiger partial charge in [0.05, 0.1) is 14.2 Å². The molecule has 28 heavy (non-hydrogen) atoms. The van der Waals surface area contributed by atoms with E-state index in [0.717, 1.165) is 12.1 Å². The Hall–Kier alpha value is -3.35. The molecule has 0 atom stereocenters. The summed E-state index contributed by atoms with van der Waals surface area (Å²) >= 11 is 0. The van der Waals surface area contributed by atoms with Gasteiger partial charge >= 0.3 is 0 Å². The molecule has 0 radical (unpaired) electrons. The first-order chi connectivity index (χ1) is 13.3. The molecule has 7 heteroatoms. The van der Waals surface area contributed by atoms with Gasteiger partial charge in [-0.05, 0) is 60.4 Å². The highest BCUT2D eigenvalue weighted by molar-refractivity contribution is 6.15. The molecule has 0 heterocycles. The van der Waals surface area contributed by atoms with Gasteiger partial charge in [-0.3, -0.25) is 4.79 Å². The predicted octanol–water partition coefficient (Wildman–Crippen LogP) is 4.22. The fraction of sp³-hybridized carbons (Fsp3) is 0.190. The van der Waals surface area contributed by atoms with Crippen molar-refractivity contribution in [3.63, 3.8) is 0 Å². The second-order valence-electron chi connectivity index (χ2n) is 6.28. The van der Waals surface area contributed by atoms with Crippen LogP contribution in [0.25, 0.3) is 12.2 Å². The number of Topliss-reactive ketones (excluding diaryl/α,β-unsaturated/α-hetero) is 1. The third-order valence-corrected chi connectivity index (χ3v) is 4.47. The summed E-state index contributed by atoms with van der Waals surface area (Å²) in [4.78, 5) is 12.6. The molecular formula is C21H18F2O5. The third kappa shape index (κ3) is 3.69. The van der Waals surface area contributed by atoms with Gasteiger partial charge in [0.15, 0.2) is 40.4 Å². The molecule has 0 saturated heterocycles. The standard InChI is InChI=1S/C21H18F2O5/c1-27-17-9-11(7-15(22)20(17)25)5-13-3-4-14(19(13)24)6-12-8-16(23)21(26)18(10-12)28-2/h5-10,25-26H,3-4H2,1-2H3/b13-5+,14-6+. The van der Waals surface area contributed by atoms with E-state index in [9.17, 15) is 23.8 Å². The second-order valence-corrected chi connectivity index (χ2v) is 6.28. The fourth-order valence-electron chi connectivity index (χ4n) is 3.05. The van der Waals surface area contributed by atoms with E-state index in [1.165, 1.54) is 38.5 Å². The first-order valence-electron chi connectivity index (χ1n) is 8.43. The van der Waals surface area contributed by atoms with E-state index in [2.05, 4.69) is 0 Å². The lowest BCUT2D eigenvalue weighted by Crippen LogP contribution is -1.96. The summed E-state index contributed by atoms with van der Waals surface area (Å²) in [7, 11) is 2.61. The summed E-state index contributed by atoms with van der Waals surface area (Å²) in [6.07, 6.45) is 3.94. The lowest BCUT2D eigenvalue weighted by Gasteiger charge is -2.06. The van der Waals surface area contributed by atoms with E-state index < -0.39 is 23.1 Å². The minimum atomic E-state index is -0.848. The predicted molar refractivity (Wildman–Crippen MR) is 99.4 cm³/mol. The zero-order valence-electron chi connectivity index (χ0n) is 15.3. The molecule has 0 spiro atoms. The minimum absolute atomic E-state index is 0.0280. The molecule has 0 aromatic heterocycles. The van der Waals surface area contributed by atoms with Gasteiger partial charge in [-0.25, -0.2) is 8.78 Å². The van der Waals surface area contributed by atoms with Crippen LogP contribution in [0.2, 0.25) is 0 Å². The molecule has 0 bridgehead atoms. The Morgan fingerprint density at radius 3 is 1.57 bits per heavy atom. The number of carbonyl (C=O) groups is 1. The van der Waals surface area contributed by atoms with Crippen LogP contribution in [-0.2, 0) is 4.79 Å². The van der Waals surface area contributed by atoms with Crippen LogP contribution in [0.5, 0.6) is 23.0 Å². The molecule has 5 nitrogen and oxygen atoms in total. The van der Waals surface area contributed by atoms with E-state index >= 15 is 0 Å². The smallest absolute Gasteiger partial charge is 0.194 e. The molecule has 1 aliphatic carbocycles. The van der Waals surface area contributed by atoms with Crippen LogP contribution in [0, 0.1) is 11.6 Å². The molecule has 0 aliphatic heterocycles. The topological polar surface area (TPSA) is 76.0 Å². The Balaban J connectivity index is 1.91. The van der Waals surface area contributed by atoms with Gasteiger partial charge in [-0.1, -0.05) is 0 Å². The lowest BCUT2D eigenvalue weighted by atomic mass is 10.1. The SMILES string of the molecule is COc1cc(/C=C2\CC/C(=C\c3cc(F)c(O)c(OC)c3)C2=O)cc(F)c1O. The first-order valence-corrected chi connectivity index (χ1v) is 8.43. The molecule has 2 aromatic rings. The molecule has 3 rings (SSSR count). The Morgan fingerprint density at radius 1 is 0.821 bits per heavy atom. The zero-order chi connectivity index (χ0) is 20.4. The van der Waals surface area contributed by atoms with Crippen LogP contribution < -0.4 is 9.47 Å². The van der Waals surface area contributed by atoms with Crippen LogP contribution >= 0.6 is 0 Å². The fourth-order valence-corrected chi connectivity index (χ4v) is 3.05. The van der Waals surface area contributed by atoms with Gasteiger partial charge in [-0.15, -0.1) is 0 Å². The van der Waals surface area contributed by atoms with Crippen molar-refractivity contribution in [3.8, 4) is 23.0 Å². The normalized spacial score (nSPS) is 16.8. The largest absolute Gasteiger partial charge is 0.502 e. The average Bonchev–Trinajstić information content (AvgIpc) is 3.00. The second kappa shape index (κ2) is 7.72. The van der Waals surface area contributed by atoms with Gasteiger partial charge < -0.3 is 19.7 Å². The van der Waals surface area contributed by atoms with Crippen molar-refractivity contribution in [2.75, 3.05) is 14.2 Å². The highest BCUT2D eigenvalue weighted by atomic mass is 19.1. The number of benzene rings is 2. The van der Waals surface area contributed by atoms with Crippen molar-refractivity contribution < 1.29 is 33.3 Å². The van der Waals surface area contributed by atoms with Crippen molar-refractivity contribution in [2.24, 2.45) is 0 Å². The van der Waals surface area contributed by atoms with E-state index in [-0.39, 0.29) is 17.3 Å². The van der Waals surface area contributed by atoms with Crippen LogP contribution in [0.15, 0.2) is 35.4 Å². The number of carbonyl (C=O) groups excluding carboxylic acids is 1. The molecule has 146 valence electrons. The Morgan fingerprint density at radius 2 is 1.21 bits per heavy atom. The van der Waals surface area contributed by atoms with E-state index in [1.54, 1.807) is 0 Å². The highest BCUT2D eigenvalue weighted by Gasteiger charge is 2.24. The van der Waals surface area contributed by atoms with Gasteiger partial charge in [0, 0.05) is 11.1 Å². The van der Waals surface area contributed by atoms with Crippen molar-refractivity contribution in [3.05, 3.63) is 58.2 Å². The van der Waals surface area contributed by atoms with Crippen LogP contribution in [0.1, 0.15) is 24.0 Å². The summed E-state index contributed by atoms with van der Waals surface area (Å²) in [5.74, 6) is -3.17. The lowest BCUT2D eigenvalue weighted by molar-refractivity contribution is -0.111. The van der Waals surface area contributed by atoms with Crippen molar-refractivity contribution in [1.82, 2.24) is 0 Å². The van der Waals surface area contributed by atoms with Crippen LogP contribution in [0.4, 0.5) is 8.78 Å². The molecule has 1 aliphatic rings. The number of hydrogen-bond donors (Lipinski definition) is 2.